The van der Waals surface area contributed by atoms with Crippen molar-refractivity contribution in [1.29, 1.82) is 0 Å². The van der Waals surface area contributed by atoms with Gasteiger partial charge in [0.2, 0.25) is 5.75 Å². The summed E-state index contributed by atoms with van der Waals surface area (Å²) in [5.41, 5.74) is 0. The lowest BCUT2D eigenvalue weighted by Crippen LogP contribution is -2.21. The van der Waals surface area contributed by atoms with Crippen LogP contribution in [0, 0.1) is 0 Å². The fourth-order valence-electron chi connectivity index (χ4n) is 1.71. The SMILES string of the molecule is CCCCCN(C)c1ncnc(NC)c1OC. The predicted octanol–water partition coefficient (Wildman–Crippen LogP) is 2.15. The molecular weight excluding hydrogens is 216 g/mol. The third-order valence-electron chi connectivity index (χ3n) is 2.68. The van der Waals surface area contributed by atoms with Gasteiger partial charge in [-0.3, -0.25) is 0 Å². The molecule has 0 saturated heterocycles. The summed E-state index contributed by atoms with van der Waals surface area (Å²) in [6.07, 6.45) is 5.17. The van der Waals surface area contributed by atoms with E-state index in [0.717, 1.165) is 24.6 Å². The molecule has 5 heteroatoms. The second-order valence-electron chi connectivity index (χ2n) is 3.96. The Kier molecular flexibility index (Phi) is 5.52. The minimum atomic E-state index is 0.703. The van der Waals surface area contributed by atoms with Crippen molar-refractivity contribution in [3.63, 3.8) is 0 Å². The minimum absolute atomic E-state index is 0.703. The van der Waals surface area contributed by atoms with Crippen LogP contribution < -0.4 is 15.0 Å². The highest BCUT2D eigenvalue weighted by molar-refractivity contribution is 5.64. The summed E-state index contributed by atoms with van der Waals surface area (Å²) in [6.45, 7) is 3.18. The van der Waals surface area contributed by atoms with E-state index in [-0.39, 0.29) is 0 Å². The largest absolute Gasteiger partial charge is 0.490 e. The summed E-state index contributed by atoms with van der Waals surface area (Å²) in [5, 5.41) is 3.01. The van der Waals surface area contributed by atoms with Gasteiger partial charge in [-0.1, -0.05) is 19.8 Å². The van der Waals surface area contributed by atoms with Crippen molar-refractivity contribution in [1.82, 2.24) is 9.97 Å². The molecule has 0 amide bonds. The lowest BCUT2D eigenvalue weighted by molar-refractivity contribution is 0.413. The maximum atomic E-state index is 5.37. The van der Waals surface area contributed by atoms with E-state index in [9.17, 15) is 0 Å². The van der Waals surface area contributed by atoms with Crippen molar-refractivity contribution in [3.05, 3.63) is 6.33 Å². The van der Waals surface area contributed by atoms with Crippen LogP contribution in [0.25, 0.3) is 0 Å². The standard InChI is InChI=1S/C12H22N4O/c1-5-6-7-8-16(3)12-10(17-4)11(13-2)14-9-15-12/h9H,5-8H2,1-4H3,(H,13,14,15). The van der Waals surface area contributed by atoms with E-state index < -0.39 is 0 Å². The zero-order valence-corrected chi connectivity index (χ0v) is 11.2. The maximum Gasteiger partial charge on any atom is 0.204 e. The molecule has 1 rings (SSSR count). The van der Waals surface area contributed by atoms with Crippen LogP contribution in [0.4, 0.5) is 11.6 Å². The molecule has 0 aliphatic carbocycles. The van der Waals surface area contributed by atoms with Gasteiger partial charge in [-0.15, -0.1) is 0 Å². The Balaban J connectivity index is 2.81. The van der Waals surface area contributed by atoms with Gasteiger partial charge in [-0.05, 0) is 6.42 Å². The summed E-state index contributed by atoms with van der Waals surface area (Å²) < 4.78 is 5.37. The zero-order chi connectivity index (χ0) is 12.7. The molecule has 0 aliphatic heterocycles. The number of hydrogen-bond acceptors (Lipinski definition) is 5. The Morgan fingerprint density at radius 3 is 2.71 bits per heavy atom. The highest BCUT2D eigenvalue weighted by Gasteiger charge is 2.14. The van der Waals surface area contributed by atoms with Crippen LogP contribution in [-0.4, -0.2) is 37.7 Å². The first-order valence-electron chi connectivity index (χ1n) is 6.02. The molecule has 5 nitrogen and oxygen atoms in total. The molecule has 0 fully saturated rings. The van der Waals surface area contributed by atoms with Crippen molar-refractivity contribution < 1.29 is 4.74 Å². The fraction of sp³-hybridized carbons (Fsp3) is 0.667. The molecule has 0 saturated carbocycles. The number of hydrogen-bond donors (Lipinski definition) is 1. The van der Waals surface area contributed by atoms with E-state index in [4.69, 9.17) is 4.74 Å². The summed E-state index contributed by atoms with van der Waals surface area (Å²) in [7, 11) is 5.49. The van der Waals surface area contributed by atoms with Crippen molar-refractivity contribution in [2.45, 2.75) is 26.2 Å². The Hall–Kier alpha value is -1.52. The van der Waals surface area contributed by atoms with E-state index >= 15 is 0 Å². The van der Waals surface area contributed by atoms with E-state index in [1.54, 1.807) is 13.4 Å². The third kappa shape index (κ3) is 3.47. The van der Waals surface area contributed by atoms with Crippen molar-refractivity contribution in [2.75, 3.05) is 38.0 Å². The lowest BCUT2D eigenvalue weighted by atomic mass is 10.2. The monoisotopic (exact) mass is 238 g/mol. The lowest BCUT2D eigenvalue weighted by Gasteiger charge is -2.21. The number of methoxy groups -OCH3 is 1. The number of anilines is 2. The van der Waals surface area contributed by atoms with E-state index in [1.807, 2.05) is 14.1 Å². The van der Waals surface area contributed by atoms with Crippen LogP contribution in [0.2, 0.25) is 0 Å². The Morgan fingerprint density at radius 1 is 1.35 bits per heavy atom. The van der Waals surface area contributed by atoms with Gasteiger partial charge in [-0.2, -0.15) is 0 Å². The maximum absolute atomic E-state index is 5.37. The number of ether oxygens (including phenoxy) is 1. The quantitative estimate of drug-likeness (QED) is 0.738. The number of rotatable bonds is 7. The number of nitrogens with one attached hydrogen (secondary N) is 1. The van der Waals surface area contributed by atoms with Gasteiger partial charge in [0.25, 0.3) is 0 Å². The number of nitrogens with zero attached hydrogens (tertiary/aromatic N) is 3. The third-order valence-corrected chi connectivity index (χ3v) is 2.68. The first kappa shape index (κ1) is 13.5. The van der Waals surface area contributed by atoms with Crippen molar-refractivity contribution in [3.8, 4) is 5.75 Å². The molecule has 1 aromatic heterocycles. The van der Waals surface area contributed by atoms with Crippen LogP contribution in [0.15, 0.2) is 6.33 Å². The van der Waals surface area contributed by atoms with Gasteiger partial charge in [0.15, 0.2) is 11.6 Å². The van der Waals surface area contributed by atoms with Crippen molar-refractivity contribution in [2.24, 2.45) is 0 Å². The fourth-order valence-corrected chi connectivity index (χ4v) is 1.71. The molecule has 0 spiro atoms. The molecule has 0 radical (unpaired) electrons. The first-order chi connectivity index (χ1) is 8.24. The molecule has 0 aliphatic rings. The minimum Gasteiger partial charge on any atom is -0.490 e. The van der Waals surface area contributed by atoms with E-state index in [0.29, 0.717) is 5.75 Å². The van der Waals surface area contributed by atoms with E-state index in [1.165, 1.54) is 12.8 Å². The summed E-state index contributed by atoms with van der Waals surface area (Å²) in [4.78, 5) is 10.5. The molecule has 0 unspecified atom stereocenters. The smallest absolute Gasteiger partial charge is 0.204 e. The normalized spacial score (nSPS) is 10.1. The first-order valence-corrected chi connectivity index (χ1v) is 6.02. The average Bonchev–Trinajstić information content (AvgIpc) is 2.37. The second kappa shape index (κ2) is 6.93. The molecule has 17 heavy (non-hydrogen) atoms. The summed E-state index contributed by atoms with van der Waals surface area (Å²) >= 11 is 0. The van der Waals surface area contributed by atoms with Crippen LogP contribution in [0.1, 0.15) is 26.2 Å². The topological polar surface area (TPSA) is 50.3 Å². The Labute approximate surface area is 103 Å². The molecule has 1 N–H and O–H groups in total. The molecule has 1 heterocycles. The van der Waals surface area contributed by atoms with Gasteiger partial charge in [0.1, 0.15) is 6.33 Å². The summed E-state index contributed by atoms with van der Waals surface area (Å²) in [5.74, 6) is 2.26. The Morgan fingerprint density at radius 2 is 2.12 bits per heavy atom. The number of aromatic nitrogens is 2. The van der Waals surface area contributed by atoms with Gasteiger partial charge in [0, 0.05) is 20.6 Å². The van der Waals surface area contributed by atoms with Crippen LogP contribution in [-0.2, 0) is 0 Å². The average molecular weight is 238 g/mol. The summed E-state index contributed by atoms with van der Waals surface area (Å²) in [6, 6.07) is 0. The second-order valence-corrected chi connectivity index (χ2v) is 3.96. The number of unbranched alkanes of at least 4 members (excludes halogenated alkanes) is 2. The Bertz CT molecular complexity index is 343. The molecular formula is C12H22N4O. The van der Waals surface area contributed by atoms with Crippen LogP contribution >= 0.6 is 0 Å². The molecule has 1 aromatic rings. The molecule has 0 aromatic carbocycles. The highest BCUT2D eigenvalue weighted by atomic mass is 16.5. The van der Waals surface area contributed by atoms with Gasteiger partial charge in [0.05, 0.1) is 7.11 Å². The van der Waals surface area contributed by atoms with Gasteiger partial charge < -0.3 is 15.0 Å². The molecule has 0 atom stereocenters. The van der Waals surface area contributed by atoms with Gasteiger partial charge in [-0.25, -0.2) is 9.97 Å². The van der Waals surface area contributed by atoms with Gasteiger partial charge >= 0.3 is 0 Å². The van der Waals surface area contributed by atoms with Crippen LogP contribution in [0.3, 0.4) is 0 Å². The molecule has 0 bridgehead atoms. The van der Waals surface area contributed by atoms with Crippen LogP contribution in [0.5, 0.6) is 5.75 Å². The zero-order valence-electron chi connectivity index (χ0n) is 11.2. The van der Waals surface area contributed by atoms with Crippen molar-refractivity contribution >= 4 is 11.6 Å². The predicted molar refractivity (Wildman–Crippen MR) is 70.9 cm³/mol. The molecule has 96 valence electrons. The van der Waals surface area contributed by atoms with E-state index in [2.05, 4.69) is 27.1 Å². The highest BCUT2D eigenvalue weighted by Crippen LogP contribution is 2.30.